The maximum absolute atomic E-state index is 2.52. The molecule has 53 heavy (non-hydrogen) atoms. The molecule has 0 atom stereocenters. The molecule has 0 heterocycles. The number of hydrogen-bond donors (Lipinski definition) is 0. The third-order valence-electron chi connectivity index (χ3n) is 12.2. The van der Waals surface area contributed by atoms with Gasteiger partial charge < -0.3 is 0 Å². The molecule has 0 N–H and O–H groups in total. The Bertz CT molecular complexity index is 3130. The van der Waals surface area contributed by atoms with E-state index in [1.165, 1.54) is 110 Å². The van der Waals surface area contributed by atoms with Gasteiger partial charge in [0.25, 0.3) is 0 Å². The van der Waals surface area contributed by atoms with Gasteiger partial charge in [-0.3, -0.25) is 0 Å². The Morgan fingerprint density at radius 1 is 0.226 bits per heavy atom. The second-order valence-corrected chi connectivity index (χ2v) is 14.8. The molecule has 0 saturated carbocycles. The molecule has 1 spiro atoms. The van der Waals surface area contributed by atoms with E-state index < -0.39 is 5.41 Å². The van der Waals surface area contributed by atoms with E-state index in [4.69, 9.17) is 0 Å². The first kappa shape index (κ1) is 28.9. The predicted molar refractivity (Wildman–Crippen MR) is 224 cm³/mol. The summed E-state index contributed by atoms with van der Waals surface area (Å²) in [5.41, 5.74) is 15.4. The zero-order valence-corrected chi connectivity index (χ0v) is 29.0. The van der Waals surface area contributed by atoms with Gasteiger partial charge in [0.2, 0.25) is 0 Å². The zero-order valence-electron chi connectivity index (χ0n) is 29.0. The van der Waals surface area contributed by atoms with Crippen LogP contribution in [0.5, 0.6) is 0 Å². The van der Waals surface area contributed by atoms with Crippen LogP contribution in [0.4, 0.5) is 0 Å². The van der Waals surface area contributed by atoms with Crippen molar-refractivity contribution in [3.63, 3.8) is 0 Å². The Labute approximate surface area is 308 Å². The third kappa shape index (κ3) is 3.85. The van der Waals surface area contributed by atoms with Gasteiger partial charge in [-0.1, -0.05) is 158 Å². The van der Waals surface area contributed by atoms with E-state index in [9.17, 15) is 0 Å². The number of rotatable bonds is 2. The minimum atomic E-state index is -0.395. The van der Waals surface area contributed by atoms with Gasteiger partial charge in [0.15, 0.2) is 0 Å². The van der Waals surface area contributed by atoms with Crippen molar-refractivity contribution >= 4 is 43.1 Å². The molecule has 10 aromatic carbocycles. The van der Waals surface area contributed by atoms with E-state index >= 15 is 0 Å². The number of hydrogen-bond acceptors (Lipinski definition) is 0. The third-order valence-corrected chi connectivity index (χ3v) is 12.2. The first-order valence-electron chi connectivity index (χ1n) is 18.6. The smallest absolute Gasteiger partial charge is 0.0619 e. The van der Waals surface area contributed by atoms with Crippen molar-refractivity contribution < 1.29 is 0 Å². The molecule has 0 aliphatic heterocycles. The molecular formula is C53H32. The summed E-state index contributed by atoms with van der Waals surface area (Å²) >= 11 is 0. The molecule has 10 aromatic rings. The SMILES string of the molecule is c1ccc(-c2cc3ccccc3c3ccccc23)c(-c2ccc3cc4c(cc3c2)C2(c3ccccc3-c3ccccc32)c2cc3ccccc3cc2-4)c1. The maximum Gasteiger partial charge on any atom is 0.0725 e. The summed E-state index contributed by atoms with van der Waals surface area (Å²) < 4.78 is 0. The lowest BCUT2D eigenvalue weighted by molar-refractivity contribution is 0.796. The fraction of sp³-hybridized carbons (Fsp3) is 0.0189. The lowest BCUT2D eigenvalue weighted by Crippen LogP contribution is -2.25. The Hall–Kier alpha value is -6.76. The Balaban J connectivity index is 1.12. The van der Waals surface area contributed by atoms with Gasteiger partial charge >= 0.3 is 0 Å². The molecule has 2 aliphatic carbocycles. The van der Waals surface area contributed by atoms with Crippen molar-refractivity contribution in [1.29, 1.82) is 0 Å². The average Bonchev–Trinajstić information content (AvgIpc) is 3.67. The van der Waals surface area contributed by atoms with Crippen LogP contribution in [0.15, 0.2) is 194 Å². The van der Waals surface area contributed by atoms with Crippen molar-refractivity contribution in [3.05, 3.63) is 216 Å². The molecular weight excluding hydrogens is 637 g/mol. The molecule has 0 radical (unpaired) electrons. The van der Waals surface area contributed by atoms with E-state index in [1.807, 2.05) is 0 Å². The number of benzene rings is 10. The summed E-state index contributed by atoms with van der Waals surface area (Å²) in [6.45, 7) is 0. The lowest BCUT2D eigenvalue weighted by atomic mass is 9.70. The molecule has 0 bridgehead atoms. The largest absolute Gasteiger partial charge is 0.0725 e. The Kier molecular flexibility index (Phi) is 5.80. The van der Waals surface area contributed by atoms with Crippen LogP contribution in [0.3, 0.4) is 0 Å². The fourth-order valence-electron chi connectivity index (χ4n) is 9.98. The quantitative estimate of drug-likeness (QED) is 0.161. The van der Waals surface area contributed by atoms with Gasteiger partial charge in [0.1, 0.15) is 0 Å². The summed E-state index contributed by atoms with van der Waals surface area (Å²) in [7, 11) is 0. The topological polar surface area (TPSA) is 0 Å². The van der Waals surface area contributed by atoms with E-state index in [2.05, 4.69) is 194 Å². The predicted octanol–water partition coefficient (Wildman–Crippen LogP) is 14.0. The van der Waals surface area contributed by atoms with Gasteiger partial charge in [0.05, 0.1) is 5.41 Å². The number of fused-ring (bicyclic) bond motifs is 15. The highest BCUT2D eigenvalue weighted by Crippen LogP contribution is 2.63. The van der Waals surface area contributed by atoms with Crippen LogP contribution in [0.1, 0.15) is 22.3 Å². The molecule has 0 fully saturated rings. The average molecular weight is 669 g/mol. The first-order valence-corrected chi connectivity index (χ1v) is 18.6. The molecule has 0 heteroatoms. The molecule has 0 aromatic heterocycles. The molecule has 2 aliphatic rings. The molecule has 0 nitrogen and oxygen atoms in total. The van der Waals surface area contributed by atoms with Gasteiger partial charge in [-0.15, -0.1) is 0 Å². The fourth-order valence-corrected chi connectivity index (χ4v) is 9.98. The van der Waals surface area contributed by atoms with E-state index in [-0.39, 0.29) is 0 Å². The summed E-state index contributed by atoms with van der Waals surface area (Å²) in [4.78, 5) is 0. The Morgan fingerprint density at radius 2 is 0.698 bits per heavy atom. The second kappa shape index (κ2) is 10.6. The molecule has 0 amide bonds. The monoisotopic (exact) mass is 668 g/mol. The van der Waals surface area contributed by atoms with Crippen LogP contribution >= 0.6 is 0 Å². The van der Waals surface area contributed by atoms with Crippen molar-refractivity contribution in [3.8, 4) is 44.5 Å². The van der Waals surface area contributed by atoms with Crippen LogP contribution in [-0.4, -0.2) is 0 Å². The summed E-state index contributed by atoms with van der Waals surface area (Å²) in [6, 6.07) is 72.9. The van der Waals surface area contributed by atoms with Crippen LogP contribution < -0.4 is 0 Å². The van der Waals surface area contributed by atoms with Gasteiger partial charge in [-0.05, 0) is 146 Å². The zero-order chi connectivity index (χ0) is 34.7. The van der Waals surface area contributed by atoms with Gasteiger partial charge in [-0.2, -0.15) is 0 Å². The minimum absolute atomic E-state index is 0.395. The van der Waals surface area contributed by atoms with E-state index in [0.29, 0.717) is 0 Å². The molecule has 12 rings (SSSR count). The van der Waals surface area contributed by atoms with Gasteiger partial charge in [0, 0.05) is 0 Å². The minimum Gasteiger partial charge on any atom is -0.0619 e. The van der Waals surface area contributed by atoms with Crippen LogP contribution in [0.25, 0.3) is 87.6 Å². The van der Waals surface area contributed by atoms with Gasteiger partial charge in [-0.25, -0.2) is 0 Å². The van der Waals surface area contributed by atoms with Crippen molar-refractivity contribution in [1.82, 2.24) is 0 Å². The molecule has 244 valence electrons. The van der Waals surface area contributed by atoms with Crippen LogP contribution in [0.2, 0.25) is 0 Å². The standard InChI is InChI=1S/C53H32/c1-2-14-34-31-51-47(28-33(34)13-1)48-29-35-25-26-37(27-38(35)32-52(48)53(51)49-23-11-9-21-44(49)45-22-10-12-24-50(45)53)40-17-5-6-19-42(40)46-30-36-15-3-4-16-39(36)41-18-7-8-20-43(41)46/h1-32H. The molecule has 0 saturated heterocycles. The van der Waals surface area contributed by atoms with E-state index in [1.54, 1.807) is 0 Å². The summed E-state index contributed by atoms with van der Waals surface area (Å²) in [5, 5.41) is 10.2. The second-order valence-electron chi connectivity index (χ2n) is 14.8. The maximum atomic E-state index is 2.52. The lowest BCUT2D eigenvalue weighted by Gasteiger charge is -2.30. The highest BCUT2D eigenvalue weighted by Gasteiger charge is 2.51. The highest BCUT2D eigenvalue weighted by atomic mass is 14.5. The highest BCUT2D eigenvalue weighted by molar-refractivity contribution is 6.15. The van der Waals surface area contributed by atoms with Crippen LogP contribution in [-0.2, 0) is 5.41 Å². The van der Waals surface area contributed by atoms with Crippen LogP contribution in [0, 0.1) is 0 Å². The Morgan fingerprint density at radius 3 is 1.40 bits per heavy atom. The first-order chi connectivity index (χ1) is 26.3. The summed E-state index contributed by atoms with van der Waals surface area (Å²) in [5.74, 6) is 0. The van der Waals surface area contributed by atoms with Crippen molar-refractivity contribution in [2.75, 3.05) is 0 Å². The van der Waals surface area contributed by atoms with E-state index in [0.717, 1.165) is 0 Å². The van der Waals surface area contributed by atoms with Crippen molar-refractivity contribution in [2.45, 2.75) is 5.41 Å². The summed E-state index contributed by atoms with van der Waals surface area (Å²) in [6.07, 6.45) is 0. The van der Waals surface area contributed by atoms with Crippen molar-refractivity contribution in [2.24, 2.45) is 0 Å². The molecule has 0 unspecified atom stereocenters. The normalized spacial score (nSPS) is 13.4.